The lowest BCUT2D eigenvalue weighted by Gasteiger charge is -2.21. The molecule has 0 radical (unpaired) electrons. The summed E-state index contributed by atoms with van der Waals surface area (Å²) in [6.07, 6.45) is 2.96. The number of furan rings is 1. The number of hydrogen-bond acceptors (Lipinski definition) is 4. The molecule has 2 aromatic heterocycles. The molecular weight excluding hydrogens is 320 g/mol. The van der Waals surface area contributed by atoms with Crippen LogP contribution >= 0.6 is 11.3 Å². The molecule has 0 bridgehead atoms. The average Bonchev–Trinajstić information content (AvgIpc) is 3.26. The summed E-state index contributed by atoms with van der Waals surface area (Å²) >= 11 is 1.50. The Balaban J connectivity index is 1.90. The Morgan fingerprint density at radius 1 is 1.08 bits per heavy atom. The number of aryl methyl sites for hydroxylation is 1. The molecule has 1 amide bonds. The van der Waals surface area contributed by atoms with E-state index < -0.39 is 0 Å². The summed E-state index contributed by atoms with van der Waals surface area (Å²) in [5, 5.41) is 0.650. The van der Waals surface area contributed by atoms with E-state index in [1.54, 1.807) is 11.0 Å². The zero-order chi connectivity index (χ0) is 16.5. The molecule has 4 rings (SSSR count). The van der Waals surface area contributed by atoms with Gasteiger partial charge in [-0.2, -0.15) is 0 Å². The molecule has 0 fully saturated rings. The number of anilines is 2. The molecule has 4 aromatic rings. The Bertz CT molecular complexity index is 972. The van der Waals surface area contributed by atoms with Crippen molar-refractivity contribution in [2.75, 3.05) is 4.90 Å². The fraction of sp³-hybridized carbons (Fsp3) is 0.0526. The van der Waals surface area contributed by atoms with Gasteiger partial charge in [-0.25, -0.2) is 4.98 Å². The summed E-state index contributed by atoms with van der Waals surface area (Å²) in [4.78, 5) is 19.4. The summed E-state index contributed by atoms with van der Waals surface area (Å²) < 4.78 is 6.13. The highest BCUT2D eigenvalue weighted by molar-refractivity contribution is 7.22. The SMILES string of the molecule is Cc1ccccc1N(C(=O)c1ccoc1)c1nc2ccccc2s1. The van der Waals surface area contributed by atoms with Crippen LogP contribution < -0.4 is 4.90 Å². The third kappa shape index (κ3) is 2.49. The first-order valence-electron chi connectivity index (χ1n) is 7.52. The molecule has 118 valence electrons. The van der Waals surface area contributed by atoms with Crippen LogP contribution in [0.15, 0.2) is 71.5 Å². The summed E-state index contributed by atoms with van der Waals surface area (Å²) in [6, 6.07) is 17.3. The van der Waals surface area contributed by atoms with E-state index in [1.807, 2.05) is 55.5 Å². The van der Waals surface area contributed by atoms with Crippen LogP contribution in [-0.4, -0.2) is 10.9 Å². The van der Waals surface area contributed by atoms with Gasteiger partial charge in [0.25, 0.3) is 5.91 Å². The maximum Gasteiger partial charge on any atom is 0.267 e. The van der Waals surface area contributed by atoms with E-state index in [-0.39, 0.29) is 5.91 Å². The van der Waals surface area contributed by atoms with Crippen molar-refractivity contribution in [1.82, 2.24) is 4.98 Å². The number of carbonyl (C=O) groups is 1. The van der Waals surface area contributed by atoms with Crippen LogP contribution in [-0.2, 0) is 0 Å². The topological polar surface area (TPSA) is 46.3 Å². The van der Waals surface area contributed by atoms with Crippen molar-refractivity contribution >= 4 is 38.3 Å². The minimum absolute atomic E-state index is 0.155. The molecule has 0 aliphatic heterocycles. The first-order valence-corrected chi connectivity index (χ1v) is 8.33. The Morgan fingerprint density at radius 3 is 2.62 bits per heavy atom. The molecule has 0 saturated heterocycles. The number of aromatic nitrogens is 1. The Kier molecular flexibility index (Phi) is 3.63. The van der Waals surface area contributed by atoms with Crippen molar-refractivity contribution in [2.24, 2.45) is 0 Å². The number of rotatable bonds is 3. The van der Waals surface area contributed by atoms with Gasteiger partial charge in [-0.3, -0.25) is 9.69 Å². The lowest BCUT2D eigenvalue weighted by Crippen LogP contribution is -2.26. The van der Waals surface area contributed by atoms with Crippen molar-refractivity contribution in [1.29, 1.82) is 0 Å². The number of carbonyl (C=O) groups excluding carboxylic acids is 1. The van der Waals surface area contributed by atoms with Crippen LogP contribution in [0.3, 0.4) is 0 Å². The largest absolute Gasteiger partial charge is 0.472 e. The predicted octanol–water partition coefficient (Wildman–Crippen LogP) is 5.18. The number of amides is 1. The summed E-state index contributed by atoms with van der Waals surface area (Å²) in [6.45, 7) is 1.98. The van der Waals surface area contributed by atoms with Crippen LogP contribution in [0, 0.1) is 6.92 Å². The number of para-hydroxylation sites is 2. The number of fused-ring (bicyclic) bond motifs is 1. The molecule has 0 atom stereocenters. The second-order valence-electron chi connectivity index (χ2n) is 5.40. The number of hydrogen-bond donors (Lipinski definition) is 0. The minimum atomic E-state index is -0.155. The summed E-state index contributed by atoms with van der Waals surface area (Å²) in [7, 11) is 0. The molecule has 0 N–H and O–H groups in total. The normalized spacial score (nSPS) is 10.9. The minimum Gasteiger partial charge on any atom is -0.472 e. The van der Waals surface area contributed by atoms with Crippen LogP contribution in [0.4, 0.5) is 10.8 Å². The third-order valence-corrected chi connectivity index (χ3v) is 4.82. The van der Waals surface area contributed by atoms with Gasteiger partial charge in [0, 0.05) is 0 Å². The van der Waals surface area contributed by atoms with E-state index in [0.717, 1.165) is 21.5 Å². The van der Waals surface area contributed by atoms with Gasteiger partial charge in [0.2, 0.25) is 0 Å². The van der Waals surface area contributed by atoms with E-state index in [4.69, 9.17) is 4.42 Å². The van der Waals surface area contributed by atoms with E-state index in [2.05, 4.69) is 4.98 Å². The van der Waals surface area contributed by atoms with Gasteiger partial charge >= 0.3 is 0 Å². The number of nitrogens with zero attached hydrogens (tertiary/aromatic N) is 2. The molecule has 2 heterocycles. The van der Waals surface area contributed by atoms with Crippen LogP contribution in [0.1, 0.15) is 15.9 Å². The lowest BCUT2D eigenvalue weighted by atomic mass is 10.1. The monoisotopic (exact) mass is 334 g/mol. The van der Waals surface area contributed by atoms with Crippen molar-refractivity contribution in [3.05, 3.63) is 78.3 Å². The van der Waals surface area contributed by atoms with E-state index >= 15 is 0 Å². The van der Waals surface area contributed by atoms with Gasteiger partial charge in [0.1, 0.15) is 6.26 Å². The molecule has 5 heteroatoms. The fourth-order valence-corrected chi connectivity index (χ4v) is 3.56. The van der Waals surface area contributed by atoms with Crippen LogP contribution in [0.25, 0.3) is 10.2 Å². The summed E-state index contributed by atoms with van der Waals surface area (Å²) in [5.41, 5.74) is 3.21. The third-order valence-electron chi connectivity index (χ3n) is 3.80. The van der Waals surface area contributed by atoms with E-state index in [0.29, 0.717) is 10.7 Å². The smallest absolute Gasteiger partial charge is 0.267 e. The van der Waals surface area contributed by atoms with Gasteiger partial charge in [0.05, 0.1) is 27.7 Å². The van der Waals surface area contributed by atoms with Crippen LogP contribution in [0.5, 0.6) is 0 Å². The van der Waals surface area contributed by atoms with Gasteiger partial charge in [0.15, 0.2) is 5.13 Å². The Labute approximate surface area is 143 Å². The maximum absolute atomic E-state index is 13.1. The molecule has 0 aliphatic carbocycles. The quantitative estimate of drug-likeness (QED) is 0.519. The fourth-order valence-electron chi connectivity index (χ4n) is 2.58. The summed E-state index contributed by atoms with van der Waals surface area (Å²) in [5.74, 6) is -0.155. The van der Waals surface area contributed by atoms with Crippen molar-refractivity contribution in [3.63, 3.8) is 0 Å². The second-order valence-corrected chi connectivity index (χ2v) is 6.41. The molecule has 4 nitrogen and oxygen atoms in total. The van der Waals surface area contributed by atoms with E-state index in [9.17, 15) is 4.79 Å². The Morgan fingerprint density at radius 2 is 1.88 bits per heavy atom. The van der Waals surface area contributed by atoms with E-state index in [1.165, 1.54) is 23.9 Å². The van der Waals surface area contributed by atoms with Gasteiger partial charge in [-0.1, -0.05) is 41.7 Å². The molecule has 0 saturated carbocycles. The number of thiazole rings is 1. The molecule has 2 aromatic carbocycles. The van der Waals surface area contributed by atoms with Crippen molar-refractivity contribution in [3.8, 4) is 0 Å². The zero-order valence-electron chi connectivity index (χ0n) is 13.0. The van der Waals surface area contributed by atoms with Gasteiger partial charge < -0.3 is 4.42 Å². The first kappa shape index (κ1) is 14.7. The maximum atomic E-state index is 13.1. The molecule has 0 unspecified atom stereocenters. The highest BCUT2D eigenvalue weighted by Gasteiger charge is 2.25. The van der Waals surface area contributed by atoms with Crippen LogP contribution in [0.2, 0.25) is 0 Å². The molecule has 0 aliphatic rings. The number of benzene rings is 2. The van der Waals surface area contributed by atoms with Crippen molar-refractivity contribution < 1.29 is 9.21 Å². The standard InChI is InChI=1S/C19H14N2O2S/c1-13-6-2-4-8-16(13)21(18(22)14-10-11-23-12-14)19-20-15-7-3-5-9-17(15)24-19/h2-12H,1H3. The van der Waals surface area contributed by atoms with Crippen molar-refractivity contribution in [2.45, 2.75) is 6.92 Å². The molecule has 0 spiro atoms. The Hall–Kier alpha value is -2.92. The molecule has 24 heavy (non-hydrogen) atoms. The predicted molar refractivity (Wildman–Crippen MR) is 96.0 cm³/mol. The van der Waals surface area contributed by atoms with Gasteiger partial charge in [-0.15, -0.1) is 0 Å². The average molecular weight is 334 g/mol. The first-order chi connectivity index (χ1) is 11.7. The lowest BCUT2D eigenvalue weighted by molar-refractivity contribution is 0.0998. The van der Waals surface area contributed by atoms with Gasteiger partial charge in [-0.05, 0) is 36.8 Å². The highest BCUT2D eigenvalue weighted by atomic mass is 32.1. The highest BCUT2D eigenvalue weighted by Crippen LogP contribution is 2.35. The molecular formula is C19H14N2O2S. The zero-order valence-corrected chi connectivity index (χ0v) is 13.8. The second kappa shape index (κ2) is 5.94.